The predicted molar refractivity (Wildman–Crippen MR) is 67.6 cm³/mol. The molecule has 2 heterocycles. The van der Waals surface area contributed by atoms with Crippen molar-refractivity contribution in [3.05, 3.63) is 18.1 Å². The van der Waals surface area contributed by atoms with E-state index in [9.17, 15) is 0 Å². The first-order chi connectivity index (χ1) is 8.38. The van der Waals surface area contributed by atoms with Gasteiger partial charge in [-0.15, -0.1) is 0 Å². The lowest BCUT2D eigenvalue weighted by atomic mass is 9.92. The zero-order valence-electron chi connectivity index (χ0n) is 10.2. The maximum absolute atomic E-state index is 5.55. The second kappa shape index (κ2) is 4.61. The topological polar surface area (TPSA) is 55.0 Å². The fourth-order valence-corrected chi connectivity index (χ4v) is 3.34. The molecule has 3 rings (SSSR count). The van der Waals surface area contributed by atoms with Crippen molar-refractivity contribution in [2.75, 3.05) is 11.4 Å². The van der Waals surface area contributed by atoms with E-state index < -0.39 is 0 Å². The summed E-state index contributed by atoms with van der Waals surface area (Å²) in [7, 11) is 0. The fraction of sp³-hybridized carbons (Fsp3) is 0.692. The van der Waals surface area contributed by atoms with Gasteiger partial charge in [0.15, 0.2) is 0 Å². The molecule has 1 aliphatic carbocycles. The predicted octanol–water partition coefficient (Wildman–Crippen LogP) is 1.70. The molecule has 1 aliphatic heterocycles. The zero-order chi connectivity index (χ0) is 11.7. The van der Waals surface area contributed by atoms with Crippen LogP contribution in [0.3, 0.4) is 0 Å². The molecule has 0 radical (unpaired) electrons. The molecule has 2 fully saturated rings. The van der Waals surface area contributed by atoms with Gasteiger partial charge >= 0.3 is 0 Å². The number of rotatable bonds is 2. The Hall–Kier alpha value is -1.16. The Balaban J connectivity index is 1.81. The first kappa shape index (κ1) is 11.0. The van der Waals surface area contributed by atoms with Crippen LogP contribution in [0.2, 0.25) is 0 Å². The van der Waals surface area contributed by atoms with Crippen LogP contribution >= 0.6 is 0 Å². The van der Waals surface area contributed by atoms with Crippen molar-refractivity contribution in [1.29, 1.82) is 0 Å². The molecular formula is C13H20N4. The second-order valence-corrected chi connectivity index (χ2v) is 5.16. The molecule has 1 aromatic heterocycles. The van der Waals surface area contributed by atoms with Gasteiger partial charge in [0, 0.05) is 19.1 Å². The van der Waals surface area contributed by atoms with Crippen molar-refractivity contribution >= 4 is 5.82 Å². The third-order valence-corrected chi connectivity index (χ3v) is 4.19. The lowest BCUT2D eigenvalue weighted by Crippen LogP contribution is -2.43. The van der Waals surface area contributed by atoms with Crippen molar-refractivity contribution in [3.63, 3.8) is 0 Å². The molecule has 0 bridgehead atoms. The summed E-state index contributed by atoms with van der Waals surface area (Å²) in [5.41, 5.74) is 6.42. The van der Waals surface area contributed by atoms with Crippen molar-refractivity contribution < 1.29 is 0 Å². The smallest absolute Gasteiger partial charge is 0.147 e. The number of nitrogens with two attached hydrogens (primary N) is 1. The maximum Gasteiger partial charge on any atom is 0.147 e. The number of anilines is 1. The normalized spacial score (nSPS) is 28.2. The Morgan fingerprint density at radius 2 is 2.06 bits per heavy atom. The van der Waals surface area contributed by atoms with E-state index in [4.69, 9.17) is 5.73 Å². The van der Waals surface area contributed by atoms with Gasteiger partial charge in [0.25, 0.3) is 0 Å². The first-order valence-corrected chi connectivity index (χ1v) is 6.66. The van der Waals surface area contributed by atoms with Crippen molar-refractivity contribution in [2.45, 2.75) is 44.7 Å². The monoisotopic (exact) mass is 232 g/mol. The van der Waals surface area contributed by atoms with Crippen molar-refractivity contribution in [3.8, 4) is 0 Å². The number of nitrogens with zero attached hydrogens (tertiary/aromatic N) is 3. The van der Waals surface area contributed by atoms with Crippen LogP contribution in [0.15, 0.2) is 12.4 Å². The lowest BCUT2D eigenvalue weighted by Gasteiger charge is -2.38. The molecule has 1 saturated carbocycles. The molecule has 2 aliphatic rings. The molecule has 0 amide bonds. The van der Waals surface area contributed by atoms with Crippen LogP contribution in [-0.2, 0) is 6.54 Å². The molecule has 17 heavy (non-hydrogen) atoms. The number of aromatic nitrogens is 2. The molecular weight excluding hydrogens is 212 g/mol. The molecule has 2 unspecified atom stereocenters. The lowest BCUT2D eigenvalue weighted by molar-refractivity contribution is 0.360. The number of hydrogen-bond donors (Lipinski definition) is 1. The Morgan fingerprint density at radius 1 is 1.18 bits per heavy atom. The summed E-state index contributed by atoms with van der Waals surface area (Å²) in [6, 6.07) is 0.710. The van der Waals surface area contributed by atoms with Gasteiger partial charge in [-0.3, -0.25) is 4.98 Å². The van der Waals surface area contributed by atoms with Gasteiger partial charge in [-0.25, -0.2) is 4.98 Å². The van der Waals surface area contributed by atoms with E-state index in [0.717, 1.165) is 24.0 Å². The average molecular weight is 232 g/mol. The van der Waals surface area contributed by atoms with E-state index in [2.05, 4.69) is 14.9 Å². The number of fused-ring (bicyclic) bond motifs is 1. The minimum absolute atomic E-state index is 0.472. The van der Waals surface area contributed by atoms with Crippen LogP contribution in [0.1, 0.15) is 37.8 Å². The SMILES string of the molecule is NCc1cnc(N2CCCC3CCCC32)cn1. The van der Waals surface area contributed by atoms with Gasteiger partial charge in [-0.05, 0) is 31.6 Å². The molecule has 4 heteroatoms. The van der Waals surface area contributed by atoms with E-state index in [0.29, 0.717) is 12.6 Å². The van der Waals surface area contributed by atoms with Crippen LogP contribution in [0.25, 0.3) is 0 Å². The Kier molecular flexibility index (Phi) is 2.97. The zero-order valence-corrected chi connectivity index (χ0v) is 10.2. The van der Waals surface area contributed by atoms with Crippen LogP contribution < -0.4 is 10.6 Å². The van der Waals surface area contributed by atoms with Gasteiger partial charge in [-0.1, -0.05) is 6.42 Å². The van der Waals surface area contributed by atoms with Gasteiger partial charge in [0.2, 0.25) is 0 Å². The summed E-state index contributed by atoms with van der Waals surface area (Å²) >= 11 is 0. The summed E-state index contributed by atoms with van der Waals surface area (Å²) in [5, 5.41) is 0. The van der Waals surface area contributed by atoms with Gasteiger partial charge < -0.3 is 10.6 Å². The van der Waals surface area contributed by atoms with Crippen molar-refractivity contribution in [2.24, 2.45) is 11.7 Å². The van der Waals surface area contributed by atoms with Crippen LogP contribution in [0.5, 0.6) is 0 Å². The van der Waals surface area contributed by atoms with Crippen LogP contribution in [-0.4, -0.2) is 22.6 Å². The Morgan fingerprint density at radius 3 is 2.82 bits per heavy atom. The number of piperidine rings is 1. The van der Waals surface area contributed by atoms with Crippen LogP contribution in [0, 0.1) is 5.92 Å². The summed E-state index contributed by atoms with van der Waals surface area (Å²) in [4.78, 5) is 11.3. The third-order valence-electron chi connectivity index (χ3n) is 4.19. The largest absolute Gasteiger partial charge is 0.352 e. The second-order valence-electron chi connectivity index (χ2n) is 5.16. The molecule has 4 nitrogen and oxygen atoms in total. The molecule has 1 aromatic rings. The van der Waals surface area contributed by atoms with E-state index in [1.54, 1.807) is 0 Å². The Bertz CT molecular complexity index is 376. The molecule has 92 valence electrons. The van der Waals surface area contributed by atoms with Crippen LogP contribution in [0.4, 0.5) is 5.82 Å². The first-order valence-electron chi connectivity index (χ1n) is 6.66. The summed E-state index contributed by atoms with van der Waals surface area (Å²) in [6.45, 7) is 1.61. The highest BCUT2D eigenvalue weighted by atomic mass is 15.2. The summed E-state index contributed by atoms with van der Waals surface area (Å²) < 4.78 is 0. The molecule has 0 spiro atoms. The van der Waals surface area contributed by atoms with Gasteiger partial charge in [0.1, 0.15) is 5.82 Å². The third kappa shape index (κ3) is 2.02. The molecule has 1 saturated heterocycles. The minimum Gasteiger partial charge on any atom is -0.352 e. The highest BCUT2D eigenvalue weighted by molar-refractivity contribution is 5.38. The average Bonchev–Trinajstić information content (AvgIpc) is 2.87. The van der Waals surface area contributed by atoms with E-state index in [1.807, 2.05) is 12.4 Å². The summed E-state index contributed by atoms with van der Waals surface area (Å²) in [5.74, 6) is 1.93. The highest BCUT2D eigenvalue weighted by Crippen LogP contribution is 2.38. The molecule has 2 atom stereocenters. The summed E-state index contributed by atoms with van der Waals surface area (Å²) in [6.07, 6.45) is 10.5. The van der Waals surface area contributed by atoms with Crippen molar-refractivity contribution in [1.82, 2.24) is 9.97 Å². The Labute approximate surface area is 102 Å². The molecule has 0 aromatic carbocycles. The number of hydrogen-bond acceptors (Lipinski definition) is 4. The standard InChI is InChI=1S/C13H20N4/c14-7-11-8-16-13(9-15-11)17-6-2-4-10-3-1-5-12(10)17/h8-10,12H,1-7,14H2. The van der Waals surface area contributed by atoms with E-state index in [1.165, 1.54) is 32.1 Å². The maximum atomic E-state index is 5.55. The highest BCUT2D eigenvalue weighted by Gasteiger charge is 2.35. The molecule has 2 N–H and O–H groups in total. The van der Waals surface area contributed by atoms with E-state index in [-0.39, 0.29) is 0 Å². The minimum atomic E-state index is 0.472. The van der Waals surface area contributed by atoms with Gasteiger partial charge in [-0.2, -0.15) is 0 Å². The van der Waals surface area contributed by atoms with E-state index >= 15 is 0 Å². The van der Waals surface area contributed by atoms with Gasteiger partial charge in [0.05, 0.1) is 18.1 Å². The quantitative estimate of drug-likeness (QED) is 0.843. The fourth-order valence-electron chi connectivity index (χ4n) is 3.34.